The maximum Gasteiger partial charge on any atom is 0.336 e. The summed E-state index contributed by atoms with van der Waals surface area (Å²) in [6, 6.07) is 7.12. The summed E-state index contributed by atoms with van der Waals surface area (Å²) in [5.41, 5.74) is 0.649. The molecule has 104 valence electrons. The zero-order valence-corrected chi connectivity index (χ0v) is 13.3. The van der Waals surface area contributed by atoms with Crippen molar-refractivity contribution in [1.29, 1.82) is 0 Å². The Morgan fingerprint density at radius 3 is 2.32 bits per heavy atom. The number of rotatable bonds is 4. The SMILES string of the molecule is CCC(Cl)(C(=O)OC)C(=O)N(C)c1ccc(Br)cc1. The van der Waals surface area contributed by atoms with Crippen molar-refractivity contribution < 1.29 is 14.3 Å². The third-order valence-corrected chi connectivity index (χ3v) is 3.97. The van der Waals surface area contributed by atoms with E-state index in [2.05, 4.69) is 20.7 Å². The molecule has 0 heterocycles. The van der Waals surface area contributed by atoms with Crippen molar-refractivity contribution in [1.82, 2.24) is 0 Å². The summed E-state index contributed by atoms with van der Waals surface area (Å²) in [5.74, 6) is -1.25. The van der Waals surface area contributed by atoms with Gasteiger partial charge in [0.15, 0.2) is 0 Å². The minimum absolute atomic E-state index is 0.154. The van der Waals surface area contributed by atoms with Crippen LogP contribution in [-0.2, 0) is 14.3 Å². The van der Waals surface area contributed by atoms with Gasteiger partial charge >= 0.3 is 5.97 Å². The van der Waals surface area contributed by atoms with Crippen molar-refractivity contribution in [3.05, 3.63) is 28.7 Å². The lowest BCUT2D eigenvalue weighted by Crippen LogP contribution is -2.49. The molecule has 0 aliphatic carbocycles. The molecule has 19 heavy (non-hydrogen) atoms. The largest absolute Gasteiger partial charge is 0.467 e. The highest BCUT2D eigenvalue weighted by Crippen LogP contribution is 2.27. The van der Waals surface area contributed by atoms with Crippen LogP contribution in [0.3, 0.4) is 0 Å². The molecule has 0 bridgehead atoms. The van der Waals surface area contributed by atoms with Gasteiger partial charge in [0.25, 0.3) is 5.91 Å². The molecular weight excluding hydrogens is 334 g/mol. The highest BCUT2D eigenvalue weighted by atomic mass is 79.9. The van der Waals surface area contributed by atoms with Gasteiger partial charge in [-0.1, -0.05) is 34.5 Å². The molecule has 0 radical (unpaired) electrons. The summed E-state index contributed by atoms with van der Waals surface area (Å²) in [4.78, 5) is 23.7. The number of carbonyl (C=O) groups excluding carboxylic acids is 2. The summed E-state index contributed by atoms with van der Waals surface area (Å²) in [6.07, 6.45) is 0.154. The van der Waals surface area contributed by atoms with E-state index in [1.54, 1.807) is 38.2 Å². The molecule has 0 N–H and O–H groups in total. The van der Waals surface area contributed by atoms with Gasteiger partial charge in [-0.15, -0.1) is 0 Å². The first kappa shape index (κ1) is 16.0. The fourth-order valence-corrected chi connectivity index (χ4v) is 2.06. The van der Waals surface area contributed by atoms with E-state index in [9.17, 15) is 9.59 Å². The Morgan fingerprint density at radius 1 is 1.37 bits per heavy atom. The van der Waals surface area contributed by atoms with Crippen LogP contribution in [0.1, 0.15) is 13.3 Å². The van der Waals surface area contributed by atoms with Crippen LogP contribution < -0.4 is 4.90 Å². The van der Waals surface area contributed by atoms with E-state index in [0.717, 1.165) is 4.47 Å². The Morgan fingerprint density at radius 2 is 1.89 bits per heavy atom. The van der Waals surface area contributed by atoms with Crippen molar-refractivity contribution in [3.8, 4) is 0 Å². The normalized spacial score (nSPS) is 13.5. The quantitative estimate of drug-likeness (QED) is 0.477. The first-order valence-electron chi connectivity index (χ1n) is 5.68. The number of nitrogens with zero attached hydrogens (tertiary/aromatic N) is 1. The van der Waals surface area contributed by atoms with Crippen LogP contribution in [0.5, 0.6) is 0 Å². The monoisotopic (exact) mass is 347 g/mol. The first-order valence-corrected chi connectivity index (χ1v) is 6.85. The van der Waals surface area contributed by atoms with E-state index in [0.29, 0.717) is 5.69 Å². The number of halogens is 2. The second-order valence-electron chi connectivity index (χ2n) is 3.99. The highest BCUT2D eigenvalue weighted by Gasteiger charge is 2.45. The number of carbonyl (C=O) groups is 2. The Kier molecular flexibility index (Phi) is 5.38. The topological polar surface area (TPSA) is 46.6 Å². The van der Waals surface area contributed by atoms with Gasteiger partial charge in [-0.3, -0.25) is 4.79 Å². The zero-order chi connectivity index (χ0) is 14.6. The smallest absolute Gasteiger partial charge is 0.336 e. The van der Waals surface area contributed by atoms with E-state index in [1.165, 1.54) is 12.0 Å². The van der Waals surface area contributed by atoms with Crippen LogP contribution in [0.15, 0.2) is 28.7 Å². The predicted molar refractivity (Wildman–Crippen MR) is 78.4 cm³/mol. The molecule has 1 aromatic rings. The second kappa shape index (κ2) is 6.39. The van der Waals surface area contributed by atoms with Crippen LogP contribution >= 0.6 is 27.5 Å². The van der Waals surface area contributed by atoms with Gasteiger partial charge in [-0.2, -0.15) is 0 Å². The predicted octanol–water partition coefficient (Wildman–Crippen LogP) is 2.97. The van der Waals surface area contributed by atoms with Crippen LogP contribution in [0, 0.1) is 0 Å². The fourth-order valence-electron chi connectivity index (χ4n) is 1.59. The number of methoxy groups -OCH3 is 1. The third-order valence-electron chi connectivity index (χ3n) is 2.85. The van der Waals surface area contributed by atoms with Gasteiger partial charge in [0.05, 0.1) is 7.11 Å². The standard InChI is InChI=1S/C13H15BrClNO3/c1-4-13(15,12(18)19-3)11(17)16(2)10-7-5-9(14)6-8-10/h5-8H,4H2,1-3H3. The van der Waals surface area contributed by atoms with Crippen molar-refractivity contribution in [3.63, 3.8) is 0 Å². The number of hydrogen-bond donors (Lipinski definition) is 0. The maximum atomic E-state index is 12.4. The molecule has 1 amide bonds. The lowest BCUT2D eigenvalue weighted by Gasteiger charge is -2.27. The van der Waals surface area contributed by atoms with E-state index < -0.39 is 16.8 Å². The van der Waals surface area contributed by atoms with Crippen LogP contribution in [0.4, 0.5) is 5.69 Å². The number of ether oxygens (including phenoxy) is 1. The molecular formula is C13H15BrClNO3. The first-order chi connectivity index (χ1) is 8.86. The minimum Gasteiger partial charge on any atom is -0.467 e. The molecule has 1 atom stereocenters. The summed E-state index contributed by atoms with van der Waals surface area (Å²) in [5, 5.41) is 0. The van der Waals surface area contributed by atoms with Crippen LogP contribution in [-0.4, -0.2) is 30.9 Å². The molecule has 0 saturated heterocycles. The molecule has 0 aliphatic rings. The number of amides is 1. The van der Waals surface area contributed by atoms with Crippen LogP contribution in [0.2, 0.25) is 0 Å². The van der Waals surface area contributed by atoms with Crippen molar-refractivity contribution in [2.75, 3.05) is 19.1 Å². The summed E-state index contributed by atoms with van der Waals surface area (Å²) in [6.45, 7) is 1.66. The van der Waals surface area contributed by atoms with E-state index in [1.807, 2.05) is 0 Å². The number of alkyl halides is 1. The molecule has 1 aromatic carbocycles. The number of benzene rings is 1. The van der Waals surface area contributed by atoms with Gasteiger partial charge in [0.2, 0.25) is 4.87 Å². The molecule has 1 rings (SSSR count). The molecule has 0 spiro atoms. The molecule has 0 saturated carbocycles. The van der Waals surface area contributed by atoms with Gasteiger partial charge in [0, 0.05) is 17.2 Å². The molecule has 0 fully saturated rings. The van der Waals surface area contributed by atoms with Crippen molar-refractivity contribution in [2.45, 2.75) is 18.2 Å². The van der Waals surface area contributed by atoms with Crippen LogP contribution in [0.25, 0.3) is 0 Å². The Bertz CT molecular complexity index is 477. The van der Waals surface area contributed by atoms with E-state index in [4.69, 9.17) is 11.6 Å². The van der Waals surface area contributed by atoms with Crippen molar-refractivity contribution in [2.24, 2.45) is 0 Å². The Hall–Kier alpha value is -1.07. The number of esters is 1. The molecule has 4 nitrogen and oxygen atoms in total. The Labute approximate surface area is 125 Å². The Balaban J connectivity index is 3.04. The molecule has 0 aromatic heterocycles. The van der Waals surface area contributed by atoms with E-state index >= 15 is 0 Å². The lowest BCUT2D eigenvalue weighted by atomic mass is 10.0. The van der Waals surface area contributed by atoms with Gasteiger partial charge in [0.1, 0.15) is 0 Å². The molecule has 0 aliphatic heterocycles. The molecule has 6 heteroatoms. The average molecular weight is 349 g/mol. The number of anilines is 1. The minimum atomic E-state index is -1.68. The van der Waals surface area contributed by atoms with E-state index in [-0.39, 0.29) is 6.42 Å². The van der Waals surface area contributed by atoms with Gasteiger partial charge < -0.3 is 9.64 Å². The average Bonchev–Trinajstić information content (AvgIpc) is 2.44. The van der Waals surface area contributed by atoms with Crippen molar-refractivity contribution >= 4 is 45.1 Å². The summed E-state index contributed by atoms with van der Waals surface area (Å²) >= 11 is 9.44. The third kappa shape index (κ3) is 3.28. The number of hydrogen-bond acceptors (Lipinski definition) is 3. The molecule has 1 unspecified atom stereocenters. The fraction of sp³-hybridized carbons (Fsp3) is 0.385. The maximum absolute atomic E-state index is 12.4. The second-order valence-corrected chi connectivity index (χ2v) is 5.55. The zero-order valence-electron chi connectivity index (χ0n) is 10.9. The summed E-state index contributed by atoms with van der Waals surface area (Å²) in [7, 11) is 2.78. The van der Waals surface area contributed by atoms with Gasteiger partial charge in [-0.05, 0) is 30.7 Å². The summed E-state index contributed by atoms with van der Waals surface area (Å²) < 4.78 is 5.51. The highest BCUT2D eigenvalue weighted by molar-refractivity contribution is 9.10. The van der Waals surface area contributed by atoms with Gasteiger partial charge in [-0.25, -0.2) is 4.79 Å². The lowest BCUT2D eigenvalue weighted by molar-refractivity contribution is -0.147.